The zero-order valence-electron chi connectivity index (χ0n) is 15.5. The lowest BCUT2D eigenvalue weighted by Gasteiger charge is -2.30. The number of aromatic nitrogens is 1. The van der Waals surface area contributed by atoms with Gasteiger partial charge in [-0.3, -0.25) is 0 Å². The Labute approximate surface area is 146 Å². The lowest BCUT2D eigenvalue weighted by atomic mass is 9.99. The molecule has 1 aliphatic rings. The van der Waals surface area contributed by atoms with E-state index in [9.17, 15) is 0 Å². The molecule has 0 aliphatic carbocycles. The van der Waals surface area contributed by atoms with Gasteiger partial charge in [0.15, 0.2) is 11.7 Å². The summed E-state index contributed by atoms with van der Waals surface area (Å²) < 4.78 is 5.28. The Morgan fingerprint density at radius 2 is 2.12 bits per heavy atom. The van der Waals surface area contributed by atoms with E-state index in [1.54, 1.807) is 0 Å². The number of rotatable bonds is 8. The summed E-state index contributed by atoms with van der Waals surface area (Å²) in [5.41, 5.74) is 0.981. The minimum Gasteiger partial charge on any atom is -0.359 e. The van der Waals surface area contributed by atoms with Crippen molar-refractivity contribution >= 4 is 5.96 Å². The van der Waals surface area contributed by atoms with Crippen LogP contribution in [0.25, 0.3) is 0 Å². The standard InChI is InChI=1S/C18H33N5O/c1-4-16-13-17(24-22-16)14-21-18(19-5-2)20-9-6-10-23-11-7-15(3)8-12-23/h13,15H,4-12,14H2,1-3H3,(H2,19,20,21). The first kappa shape index (κ1) is 18.8. The molecular weight excluding hydrogens is 302 g/mol. The summed E-state index contributed by atoms with van der Waals surface area (Å²) in [5.74, 6) is 2.56. The maximum absolute atomic E-state index is 5.28. The second-order valence-corrected chi connectivity index (χ2v) is 6.64. The van der Waals surface area contributed by atoms with E-state index in [-0.39, 0.29) is 0 Å². The molecule has 2 rings (SSSR count). The second-order valence-electron chi connectivity index (χ2n) is 6.64. The number of nitrogens with one attached hydrogen (secondary N) is 2. The van der Waals surface area contributed by atoms with Gasteiger partial charge in [0.1, 0.15) is 6.54 Å². The fourth-order valence-electron chi connectivity index (χ4n) is 2.89. The first-order chi connectivity index (χ1) is 11.7. The molecular formula is C18H33N5O. The molecule has 1 saturated heterocycles. The van der Waals surface area contributed by atoms with Crippen LogP contribution < -0.4 is 10.6 Å². The Morgan fingerprint density at radius 1 is 1.33 bits per heavy atom. The molecule has 0 aromatic carbocycles. The molecule has 0 spiro atoms. The predicted octanol–water partition coefficient (Wildman–Crippen LogP) is 2.41. The summed E-state index contributed by atoms with van der Waals surface area (Å²) in [7, 11) is 0. The molecule has 24 heavy (non-hydrogen) atoms. The van der Waals surface area contributed by atoms with Gasteiger partial charge in [0, 0.05) is 19.2 Å². The number of likely N-dealkylation sites (tertiary alicyclic amines) is 1. The number of hydrogen-bond donors (Lipinski definition) is 2. The molecule has 1 fully saturated rings. The average Bonchev–Trinajstić information content (AvgIpc) is 3.06. The van der Waals surface area contributed by atoms with Crippen LogP contribution in [0.5, 0.6) is 0 Å². The summed E-state index contributed by atoms with van der Waals surface area (Å²) in [6, 6.07) is 1.98. The summed E-state index contributed by atoms with van der Waals surface area (Å²) in [5, 5.41) is 10.7. The summed E-state index contributed by atoms with van der Waals surface area (Å²) in [4.78, 5) is 7.15. The topological polar surface area (TPSA) is 65.7 Å². The molecule has 2 N–H and O–H groups in total. The van der Waals surface area contributed by atoms with Crippen molar-refractivity contribution in [2.75, 3.05) is 32.7 Å². The maximum Gasteiger partial charge on any atom is 0.191 e. The zero-order chi connectivity index (χ0) is 17.2. The summed E-state index contributed by atoms with van der Waals surface area (Å²) >= 11 is 0. The minimum atomic E-state index is 0.520. The number of nitrogens with zero attached hydrogens (tertiary/aromatic N) is 3. The second kappa shape index (κ2) is 10.3. The highest BCUT2D eigenvalue weighted by Gasteiger charge is 2.14. The molecule has 1 aromatic heterocycles. The van der Waals surface area contributed by atoms with Gasteiger partial charge >= 0.3 is 0 Å². The molecule has 0 bridgehead atoms. The molecule has 1 aliphatic heterocycles. The van der Waals surface area contributed by atoms with Gasteiger partial charge in [-0.2, -0.15) is 0 Å². The van der Waals surface area contributed by atoms with E-state index < -0.39 is 0 Å². The number of aliphatic imine (C=N–C) groups is 1. The van der Waals surface area contributed by atoms with Crippen molar-refractivity contribution in [1.29, 1.82) is 0 Å². The Balaban J connectivity index is 1.69. The SMILES string of the molecule is CCNC(=NCc1cc(CC)no1)NCCCN1CCC(C)CC1. The largest absolute Gasteiger partial charge is 0.359 e. The zero-order valence-corrected chi connectivity index (χ0v) is 15.5. The van der Waals surface area contributed by atoms with Gasteiger partial charge in [0.2, 0.25) is 0 Å². The Kier molecular flexibility index (Phi) is 8.08. The molecule has 6 heteroatoms. The van der Waals surface area contributed by atoms with Gasteiger partial charge in [-0.25, -0.2) is 4.99 Å². The number of guanidine groups is 1. The Bertz CT molecular complexity index is 491. The van der Waals surface area contributed by atoms with Crippen LogP contribution in [0.15, 0.2) is 15.6 Å². The van der Waals surface area contributed by atoms with Crippen molar-refractivity contribution in [3.63, 3.8) is 0 Å². The van der Waals surface area contributed by atoms with Crippen LogP contribution in [0.1, 0.15) is 51.5 Å². The summed E-state index contributed by atoms with van der Waals surface area (Å²) in [6.07, 6.45) is 4.71. The van der Waals surface area contributed by atoms with Gasteiger partial charge in [-0.1, -0.05) is 19.0 Å². The molecule has 0 atom stereocenters. The van der Waals surface area contributed by atoms with Gasteiger partial charge in [0.25, 0.3) is 0 Å². The molecule has 6 nitrogen and oxygen atoms in total. The van der Waals surface area contributed by atoms with E-state index in [1.165, 1.54) is 32.5 Å². The smallest absolute Gasteiger partial charge is 0.191 e. The third-order valence-corrected chi connectivity index (χ3v) is 4.53. The van der Waals surface area contributed by atoms with Crippen molar-refractivity contribution in [2.24, 2.45) is 10.9 Å². The minimum absolute atomic E-state index is 0.520. The maximum atomic E-state index is 5.28. The predicted molar refractivity (Wildman–Crippen MR) is 98.2 cm³/mol. The van der Waals surface area contributed by atoms with Crippen LogP contribution in [-0.4, -0.2) is 48.7 Å². The van der Waals surface area contributed by atoms with Gasteiger partial charge in [-0.15, -0.1) is 0 Å². The fourth-order valence-corrected chi connectivity index (χ4v) is 2.89. The third-order valence-electron chi connectivity index (χ3n) is 4.53. The third kappa shape index (κ3) is 6.51. The molecule has 0 saturated carbocycles. The van der Waals surface area contributed by atoms with Crippen LogP contribution in [0, 0.1) is 5.92 Å². The van der Waals surface area contributed by atoms with Crippen LogP contribution in [0.4, 0.5) is 0 Å². The van der Waals surface area contributed by atoms with Crippen molar-refractivity contribution < 1.29 is 4.52 Å². The molecule has 0 unspecified atom stereocenters. The molecule has 0 radical (unpaired) electrons. The quantitative estimate of drug-likeness (QED) is 0.434. The number of piperidine rings is 1. The first-order valence-electron chi connectivity index (χ1n) is 9.40. The lowest BCUT2D eigenvalue weighted by molar-refractivity contribution is 0.191. The highest BCUT2D eigenvalue weighted by molar-refractivity contribution is 5.79. The van der Waals surface area contributed by atoms with Gasteiger partial charge in [-0.05, 0) is 58.2 Å². The van der Waals surface area contributed by atoms with Crippen molar-refractivity contribution in [3.8, 4) is 0 Å². The number of hydrogen-bond acceptors (Lipinski definition) is 4. The normalized spacial score (nSPS) is 17.2. The Morgan fingerprint density at radius 3 is 2.79 bits per heavy atom. The van der Waals surface area contributed by atoms with E-state index >= 15 is 0 Å². The van der Waals surface area contributed by atoms with Gasteiger partial charge < -0.3 is 20.1 Å². The van der Waals surface area contributed by atoms with Crippen LogP contribution in [0.3, 0.4) is 0 Å². The highest BCUT2D eigenvalue weighted by atomic mass is 16.5. The summed E-state index contributed by atoms with van der Waals surface area (Å²) in [6.45, 7) is 12.5. The van der Waals surface area contributed by atoms with E-state index in [2.05, 4.69) is 46.5 Å². The van der Waals surface area contributed by atoms with Crippen molar-refractivity contribution in [3.05, 3.63) is 17.5 Å². The highest BCUT2D eigenvalue weighted by Crippen LogP contribution is 2.15. The lowest BCUT2D eigenvalue weighted by Crippen LogP contribution is -2.39. The van der Waals surface area contributed by atoms with Crippen molar-refractivity contribution in [2.45, 2.75) is 53.0 Å². The van der Waals surface area contributed by atoms with E-state index in [1.807, 2.05) is 6.07 Å². The molecule has 0 amide bonds. The number of aryl methyl sites for hydroxylation is 1. The fraction of sp³-hybridized carbons (Fsp3) is 0.778. The monoisotopic (exact) mass is 335 g/mol. The van der Waals surface area contributed by atoms with Gasteiger partial charge in [0.05, 0.1) is 5.69 Å². The van der Waals surface area contributed by atoms with E-state index in [0.717, 1.165) is 49.3 Å². The van der Waals surface area contributed by atoms with E-state index in [4.69, 9.17) is 4.52 Å². The van der Waals surface area contributed by atoms with E-state index in [0.29, 0.717) is 6.54 Å². The molecule has 2 heterocycles. The van der Waals surface area contributed by atoms with Crippen LogP contribution in [0.2, 0.25) is 0 Å². The average molecular weight is 335 g/mol. The van der Waals surface area contributed by atoms with Crippen molar-refractivity contribution in [1.82, 2.24) is 20.7 Å². The molecule has 136 valence electrons. The molecule has 1 aromatic rings. The first-order valence-corrected chi connectivity index (χ1v) is 9.40. The van der Waals surface area contributed by atoms with Crippen LogP contribution >= 0.6 is 0 Å². The van der Waals surface area contributed by atoms with Crippen LogP contribution in [-0.2, 0) is 13.0 Å². The Hall–Kier alpha value is -1.56.